The first-order valence-electron chi connectivity index (χ1n) is 11.9. The number of nitrogens with two attached hydrogens (primary N) is 2. The van der Waals surface area contributed by atoms with Crippen LogP contribution >= 0.6 is 23.2 Å². The SMILES string of the molecule is C[C@H](Nc1nc(N)nc(N)c1C#N)c1nc2c(Cl)ccc(Cl)c2c(=O)n1[C@H]1C[C@H](OC(=O)c2ccccc2)C1. The molecule has 39 heavy (non-hydrogen) atoms. The van der Waals surface area contributed by atoms with Crippen molar-refractivity contribution in [1.29, 1.82) is 5.26 Å². The molecule has 0 amide bonds. The van der Waals surface area contributed by atoms with E-state index in [9.17, 15) is 14.9 Å². The van der Waals surface area contributed by atoms with E-state index in [1.165, 1.54) is 10.6 Å². The van der Waals surface area contributed by atoms with Crippen LogP contribution in [0.25, 0.3) is 10.9 Å². The number of hydrogen-bond donors (Lipinski definition) is 3. The number of carbonyl (C=O) groups excluding carboxylic acids is 1. The number of fused-ring (bicyclic) bond motifs is 1. The Balaban J connectivity index is 1.51. The zero-order valence-electron chi connectivity index (χ0n) is 20.6. The number of carbonyl (C=O) groups is 1. The smallest absolute Gasteiger partial charge is 0.338 e. The first-order chi connectivity index (χ1) is 18.7. The van der Waals surface area contributed by atoms with Crippen LogP contribution in [-0.4, -0.2) is 31.6 Å². The highest BCUT2D eigenvalue weighted by Gasteiger charge is 2.37. The highest BCUT2D eigenvalue weighted by atomic mass is 35.5. The number of halogens is 2. The Bertz CT molecular complexity index is 1700. The number of anilines is 3. The number of nitrogens with zero attached hydrogens (tertiary/aromatic N) is 5. The number of nitrogens with one attached hydrogen (secondary N) is 1. The number of ether oxygens (including phenoxy) is 1. The fraction of sp³-hybridized carbons (Fsp3) is 0.231. The third-order valence-corrected chi connectivity index (χ3v) is 7.13. The maximum Gasteiger partial charge on any atom is 0.338 e. The van der Waals surface area contributed by atoms with Crippen LogP contribution in [0.15, 0.2) is 47.3 Å². The summed E-state index contributed by atoms with van der Waals surface area (Å²) in [6, 6.07) is 12.7. The van der Waals surface area contributed by atoms with Crippen molar-refractivity contribution in [3.63, 3.8) is 0 Å². The molecule has 2 heterocycles. The second kappa shape index (κ2) is 10.4. The topological polar surface area (TPSA) is 175 Å². The molecule has 0 spiro atoms. The molecule has 13 heteroatoms. The molecule has 11 nitrogen and oxygen atoms in total. The summed E-state index contributed by atoms with van der Waals surface area (Å²) < 4.78 is 7.15. The number of benzene rings is 2. The Kier molecular flexibility index (Phi) is 6.99. The molecule has 0 saturated heterocycles. The van der Waals surface area contributed by atoms with Crippen molar-refractivity contribution < 1.29 is 9.53 Å². The minimum atomic E-state index is -0.663. The Morgan fingerprint density at radius 2 is 1.82 bits per heavy atom. The quantitative estimate of drug-likeness (QED) is 0.287. The molecule has 4 aromatic rings. The van der Waals surface area contributed by atoms with Crippen molar-refractivity contribution in [1.82, 2.24) is 19.5 Å². The summed E-state index contributed by atoms with van der Waals surface area (Å²) in [5.74, 6) is -0.232. The molecule has 0 bridgehead atoms. The van der Waals surface area contributed by atoms with Gasteiger partial charge < -0.3 is 21.5 Å². The number of hydrogen-bond acceptors (Lipinski definition) is 10. The molecule has 1 aliphatic rings. The van der Waals surface area contributed by atoms with Crippen molar-refractivity contribution in [2.24, 2.45) is 0 Å². The molecule has 2 aromatic heterocycles. The summed E-state index contributed by atoms with van der Waals surface area (Å²) in [6.45, 7) is 1.74. The van der Waals surface area contributed by atoms with E-state index in [-0.39, 0.29) is 56.2 Å². The van der Waals surface area contributed by atoms with Crippen LogP contribution in [0, 0.1) is 11.3 Å². The third kappa shape index (κ3) is 4.92. The van der Waals surface area contributed by atoms with Crippen LogP contribution in [-0.2, 0) is 4.74 Å². The van der Waals surface area contributed by atoms with Crippen LogP contribution in [0.2, 0.25) is 10.0 Å². The minimum absolute atomic E-state index is 0.00310. The van der Waals surface area contributed by atoms with Gasteiger partial charge >= 0.3 is 5.97 Å². The fourth-order valence-corrected chi connectivity index (χ4v) is 4.96. The van der Waals surface area contributed by atoms with E-state index >= 15 is 0 Å². The van der Waals surface area contributed by atoms with Gasteiger partial charge in [-0.3, -0.25) is 9.36 Å². The molecule has 1 fully saturated rings. The number of rotatable bonds is 6. The minimum Gasteiger partial charge on any atom is -0.459 e. The van der Waals surface area contributed by atoms with Gasteiger partial charge in [0.25, 0.3) is 5.56 Å². The van der Waals surface area contributed by atoms with Crippen LogP contribution in [0.1, 0.15) is 53.6 Å². The Morgan fingerprint density at radius 1 is 1.13 bits per heavy atom. The lowest BCUT2D eigenvalue weighted by Crippen LogP contribution is -2.42. The normalized spacial score (nSPS) is 17.2. The summed E-state index contributed by atoms with van der Waals surface area (Å²) in [6.07, 6.45) is 0.392. The van der Waals surface area contributed by atoms with Gasteiger partial charge in [-0.05, 0) is 31.2 Å². The van der Waals surface area contributed by atoms with Gasteiger partial charge in [0.2, 0.25) is 5.95 Å². The molecule has 198 valence electrons. The Hall–Kier alpha value is -4.40. The predicted octanol–water partition coefficient (Wildman–Crippen LogP) is 4.26. The Labute approximate surface area is 232 Å². The molecule has 0 aliphatic heterocycles. The van der Waals surface area contributed by atoms with Crippen molar-refractivity contribution >= 4 is 57.7 Å². The van der Waals surface area contributed by atoms with E-state index in [2.05, 4.69) is 15.3 Å². The molecule has 1 saturated carbocycles. The second-order valence-electron chi connectivity index (χ2n) is 9.09. The van der Waals surface area contributed by atoms with E-state index in [1.54, 1.807) is 37.3 Å². The number of esters is 1. The van der Waals surface area contributed by atoms with E-state index < -0.39 is 17.6 Å². The zero-order chi connectivity index (χ0) is 27.8. The lowest BCUT2D eigenvalue weighted by atomic mass is 9.88. The van der Waals surface area contributed by atoms with E-state index in [4.69, 9.17) is 44.4 Å². The van der Waals surface area contributed by atoms with E-state index in [0.29, 0.717) is 24.2 Å². The molecular weight excluding hydrogens is 543 g/mol. The maximum atomic E-state index is 13.8. The van der Waals surface area contributed by atoms with Crippen LogP contribution in [0.5, 0.6) is 0 Å². The maximum absolute atomic E-state index is 13.8. The number of nitrogen functional groups attached to an aromatic ring is 2. The van der Waals surface area contributed by atoms with Crippen LogP contribution < -0.4 is 22.3 Å². The monoisotopic (exact) mass is 564 g/mol. The van der Waals surface area contributed by atoms with Crippen molar-refractivity contribution in [3.8, 4) is 6.07 Å². The molecule has 0 unspecified atom stereocenters. The lowest BCUT2D eigenvalue weighted by Gasteiger charge is -2.37. The third-order valence-electron chi connectivity index (χ3n) is 6.51. The average molecular weight is 565 g/mol. The predicted molar refractivity (Wildman–Crippen MR) is 148 cm³/mol. The van der Waals surface area contributed by atoms with Gasteiger partial charge in [-0.25, -0.2) is 9.78 Å². The van der Waals surface area contributed by atoms with E-state index in [0.717, 1.165) is 0 Å². The highest BCUT2D eigenvalue weighted by Crippen LogP contribution is 2.38. The zero-order valence-corrected chi connectivity index (χ0v) is 22.1. The molecule has 0 radical (unpaired) electrons. The summed E-state index contributed by atoms with van der Waals surface area (Å²) in [5, 5.41) is 13.3. The van der Waals surface area contributed by atoms with Crippen molar-refractivity contribution in [2.75, 3.05) is 16.8 Å². The van der Waals surface area contributed by atoms with E-state index in [1.807, 2.05) is 12.1 Å². The largest absolute Gasteiger partial charge is 0.459 e. The fourth-order valence-electron chi connectivity index (χ4n) is 4.52. The van der Waals surface area contributed by atoms with Gasteiger partial charge in [-0.2, -0.15) is 15.2 Å². The second-order valence-corrected chi connectivity index (χ2v) is 9.90. The summed E-state index contributed by atoms with van der Waals surface area (Å²) in [7, 11) is 0. The molecule has 1 atom stereocenters. The summed E-state index contributed by atoms with van der Waals surface area (Å²) in [5.41, 5.74) is 11.9. The molecule has 2 aromatic carbocycles. The van der Waals surface area contributed by atoms with Gasteiger partial charge in [0.05, 0.1) is 32.6 Å². The molecule has 1 aliphatic carbocycles. The van der Waals surface area contributed by atoms with Gasteiger partial charge in [0.15, 0.2) is 5.82 Å². The summed E-state index contributed by atoms with van der Waals surface area (Å²) >= 11 is 12.8. The van der Waals surface area contributed by atoms with Gasteiger partial charge in [0, 0.05) is 18.9 Å². The lowest BCUT2D eigenvalue weighted by molar-refractivity contribution is -0.00915. The Morgan fingerprint density at radius 3 is 2.51 bits per heavy atom. The number of nitriles is 1. The number of aromatic nitrogens is 4. The van der Waals surface area contributed by atoms with Crippen LogP contribution in [0.3, 0.4) is 0 Å². The molecule has 5 rings (SSSR count). The highest BCUT2D eigenvalue weighted by molar-refractivity contribution is 6.39. The van der Waals surface area contributed by atoms with Crippen molar-refractivity contribution in [2.45, 2.75) is 38.0 Å². The average Bonchev–Trinajstić information content (AvgIpc) is 2.88. The van der Waals surface area contributed by atoms with Crippen molar-refractivity contribution in [3.05, 3.63) is 79.8 Å². The van der Waals surface area contributed by atoms with Crippen LogP contribution in [0.4, 0.5) is 17.6 Å². The van der Waals surface area contributed by atoms with Gasteiger partial charge in [0.1, 0.15) is 29.4 Å². The van der Waals surface area contributed by atoms with Gasteiger partial charge in [-0.1, -0.05) is 41.4 Å². The first kappa shape index (κ1) is 26.2. The first-order valence-corrected chi connectivity index (χ1v) is 12.7. The van der Waals surface area contributed by atoms with Gasteiger partial charge in [-0.15, -0.1) is 0 Å². The standard InChI is InChI=1S/C26H22Cl2N8O3/c1-12(32-22-16(11-29)21(30)34-26(31)35-22)23-33-20-18(28)8-7-17(27)19(20)24(37)36(23)14-9-15(10-14)39-25(38)13-5-3-2-4-6-13/h2-8,12,14-15H,9-10H2,1H3,(H5,30,31,32,34,35)/t12-,14-,15-/m0/s1. The summed E-state index contributed by atoms with van der Waals surface area (Å²) in [4.78, 5) is 39.0. The molecule has 5 N–H and O–H groups in total. The molecular formula is C26H22Cl2N8O3.